The number of hydrogen-bond acceptors (Lipinski definition) is 7. The summed E-state index contributed by atoms with van der Waals surface area (Å²) in [5.74, 6) is -1.15. The van der Waals surface area contributed by atoms with Crippen LogP contribution in [0, 0.1) is 24.2 Å². The average Bonchev–Trinajstić information content (AvgIpc) is 3.19. The largest absolute Gasteiger partial charge is 0.457 e. The fourth-order valence-electron chi connectivity index (χ4n) is 5.59. The van der Waals surface area contributed by atoms with Crippen LogP contribution in [-0.4, -0.2) is 45.3 Å². The van der Waals surface area contributed by atoms with Gasteiger partial charge < -0.3 is 14.9 Å². The molecule has 6 nitrogen and oxygen atoms in total. The van der Waals surface area contributed by atoms with Crippen molar-refractivity contribution in [3.8, 4) is 0 Å². The van der Waals surface area contributed by atoms with Gasteiger partial charge in [-0.25, -0.2) is 4.98 Å². The number of cyclic esters (lactones) is 1. The highest BCUT2D eigenvalue weighted by atomic mass is 32.1. The number of hydrogen-bond donors (Lipinski definition) is 2. The molecule has 200 valence electrons. The number of carbonyl (C=O) groups is 2. The molecular formula is C29H43NO5S. The predicted molar refractivity (Wildman–Crippen MR) is 143 cm³/mol. The molecule has 5 atom stereocenters. The van der Waals surface area contributed by atoms with Crippen LogP contribution in [-0.2, 0) is 14.3 Å². The van der Waals surface area contributed by atoms with E-state index in [-0.39, 0.29) is 18.1 Å². The molecule has 2 aliphatic rings. The fourth-order valence-corrected chi connectivity index (χ4v) is 6.16. The highest BCUT2D eigenvalue weighted by molar-refractivity contribution is 7.09. The number of carbonyl (C=O) groups excluding carboxylic acids is 2. The summed E-state index contributed by atoms with van der Waals surface area (Å²) in [7, 11) is 0. The van der Waals surface area contributed by atoms with Crippen LogP contribution in [0.1, 0.15) is 96.2 Å². The van der Waals surface area contributed by atoms with E-state index in [0.717, 1.165) is 42.0 Å². The van der Waals surface area contributed by atoms with Crippen LogP contribution in [0.2, 0.25) is 0 Å². The first-order chi connectivity index (χ1) is 17.1. The lowest BCUT2D eigenvalue weighted by atomic mass is 9.58. The third-order valence-electron chi connectivity index (χ3n) is 8.21. The van der Waals surface area contributed by atoms with Gasteiger partial charge in [0.25, 0.3) is 0 Å². The van der Waals surface area contributed by atoms with Crippen LogP contribution in [0.15, 0.2) is 22.6 Å². The smallest absolute Gasteiger partial charge is 0.309 e. The number of aliphatic hydroxyl groups is 2. The van der Waals surface area contributed by atoms with Crippen LogP contribution in [0.4, 0.5) is 0 Å². The Morgan fingerprint density at radius 3 is 2.56 bits per heavy atom. The number of ketones is 1. The Morgan fingerprint density at radius 1 is 1.25 bits per heavy atom. The highest BCUT2D eigenvalue weighted by Crippen LogP contribution is 2.48. The molecule has 3 rings (SSSR count). The molecule has 0 radical (unpaired) electrons. The second kappa shape index (κ2) is 12.6. The number of aryl methyl sites for hydroxylation is 1. The van der Waals surface area contributed by atoms with Gasteiger partial charge in [0, 0.05) is 17.7 Å². The van der Waals surface area contributed by atoms with E-state index in [1.165, 1.54) is 5.57 Å². The summed E-state index contributed by atoms with van der Waals surface area (Å²) in [6.45, 7) is 9.90. The normalized spacial score (nSPS) is 32.5. The molecule has 1 saturated carbocycles. The number of aliphatic hydroxyl groups excluding tert-OH is 2. The molecule has 1 spiro atoms. The highest BCUT2D eigenvalue weighted by Gasteiger charge is 2.53. The molecule has 0 aromatic carbocycles. The van der Waals surface area contributed by atoms with Crippen LogP contribution in [0.5, 0.6) is 0 Å². The SMILES string of the molecule is CC[C@H]1C(=O)C2(CCC2)[C@@H](O)CC(=O)O[C@H](/C(C)=C/c2csc(C)n2)C/C=C(/C)CCC[C@H](C)[C@@H]1O. The van der Waals surface area contributed by atoms with E-state index in [2.05, 4.69) is 18.0 Å². The summed E-state index contributed by atoms with van der Waals surface area (Å²) in [6, 6.07) is 0. The van der Waals surface area contributed by atoms with Crippen molar-refractivity contribution >= 4 is 29.2 Å². The summed E-state index contributed by atoms with van der Waals surface area (Å²) in [4.78, 5) is 31.2. The lowest BCUT2D eigenvalue weighted by molar-refractivity contribution is -0.162. The monoisotopic (exact) mass is 517 g/mol. The number of rotatable bonds is 3. The number of nitrogens with zero attached hydrogens (tertiary/aromatic N) is 1. The van der Waals surface area contributed by atoms with Crippen LogP contribution in [0.25, 0.3) is 6.08 Å². The topological polar surface area (TPSA) is 96.7 Å². The maximum atomic E-state index is 13.7. The van der Waals surface area contributed by atoms with Crippen molar-refractivity contribution in [1.82, 2.24) is 4.98 Å². The van der Waals surface area contributed by atoms with Gasteiger partial charge in [-0.1, -0.05) is 31.9 Å². The molecule has 1 aromatic heterocycles. The van der Waals surface area contributed by atoms with Crippen molar-refractivity contribution in [1.29, 1.82) is 0 Å². The standard InChI is InChI=1S/C29H43NO5S/c1-6-23-27(33)19(3)10-7-9-18(2)11-12-24(20(4)15-22-17-36-21(5)30-22)35-26(32)16-25(31)29(28(23)34)13-8-14-29/h11,15,17,19,23-25,27,31,33H,6-10,12-14,16H2,1-5H3/b18-11-,20-15+/t19-,23+,24-,25-,27-/m0/s1. The first kappa shape index (κ1) is 28.7. The molecule has 0 saturated heterocycles. The zero-order valence-electron chi connectivity index (χ0n) is 22.5. The van der Waals surface area contributed by atoms with Gasteiger partial charge >= 0.3 is 5.97 Å². The Morgan fingerprint density at radius 2 is 1.97 bits per heavy atom. The van der Waals surface area contributed by atoms with Gasteiger partial charge in [0.15, 0.2) is 0 Å². The first-order valence-corrected chi connectivity index (χ1v) is 14.3. The molecule has 36 heavy (non-hydrogen) atoms. The number of Topliss-reactive ketones (excluding diaryl/α,β-unsaturated/α-hetero) is 1. The molecule has 1 aliphatic carbocycles. The van der Waals surface area contributed by atoms with Gasteiger partial charge in [-0.05, 0) is 76.9 Å². The second-order valence-electron chi connectivity index (χ2n) is 10.9. The van der Waals surface area contributed by atoms with Gasteiger partial charge in [0.2, 0.25) is 0 Å². The minimum absolute atomic E-state index is 0.0154. The summed E-state index contributed by atoms with van der Waals surface area (Å²) in [6.07, 6.45) is 7.13. The Balaban J connectivity index is 1.89. The minimum Gasteiger partial charge on any atom is -0.457 e. The van der Waals surface area contributed by atoms with Gasteiger partial charge in [-0.15, -0.1) is 11.3 Å². The lowest BCUT2D eigenvalue weighted by Gasteiger charge is -2.46. The maximum Gasteiger partial charge on any atom is 0.309 e. The summed E-state index contributed by atoms with van der Waals surface area (Å²) < 4.78 is 5.90. The molecule has 2 N–H and O–H groups in total. The Hall–Kier alpha value is -1.83. The van der Waals surface area contributed by atoms with E-state index >= 15 is 0 Å². The summed E-state index contributed by atoms with van der Waals surface area (Å²) in [5, 5.41) is 25.2. The van der Waals surface area contributed by atoms with E-state index in [1.807, 2.05) is 39.2 Å². The van der Waals surface area contributed by atoms with E-state index < -0.39 is 35.6 Å². The average molecular weight is 518 g/mol. The van der Waals surface area contributed by atoms with Gasteiger partial charge in [-0.2, -0.15) is 0 Å². The van der Waals surface area contributed by atoms with E-state index in [1.54, 1.807) is 11.3 Å². The van der Waals surface area contributed by atoms with E-state index in [9.17, 15) is 19.8 Å². The van der Waals surface area contributed by atoms with Crippen molar-refractivity contribution in [3.63, 3.8) is 0 Å². The zero-order valence-corrected chi connectivity index (χ0v) is 23.3. The summed E-state index contributed by atoms with van der Waals surface area (Å²) >= 11 is 1.57. The Bertz CT molecular complexity index is 976. The number of aromatic nitrogens is 1. The number of ether oxygens (including phenoxy) is 1. The zero-order chi connectivity index (χ0) is 26.5. The maximum absolute atomic E-state index is 13.7. The van der Waals surface area contributed by atoms with Gasteiger partial charge in [0.1, 0.15) is 11.9 Å². The Labute approximate surface area is 219 Å². The van der Waals surface area contributed by atoms with Gasteiger partial charge in [-0.3, -0.25) is 9.59 Å². The molecule has 0 amide bonds. The Kier molecular flexibility index (Phi) is 10.1. The predicted octanol–water partition coefficient (Wildman–Crippen LogP) is 5.80. The van der Waals surface area contributed by atoms with Crippen molar-refractivity contribution in [3.05, 3.63) is 33.3 Å². The number of allylic oxidation sites excluding steroid dienone is 1. The molecule has 0 unspecified atom stereocenters. The third-order valence-corrected chi connectivity index (χ3v) is 9.00. The van der Waals surface area contributed by atoms with E-state index in [0.29, 0.717) is 25.7 Å². The molecule has 1 aliphatic heterocycles. The third kappa shape index (κ3) is 6.73. The molecule has 7 heteroatoms. The quantitative estimate of drug-likeness (QED) is 0.388. The van der Waals surface area contributed by atoms with Crippen LogP contribution < -0.4 is 0 Å². The lowest BCUT2D eigenvalue weighted by Crippen LogP contribution is -2.53. The molecule has 2 heterocycles. The molecule has 0 bridgehead atoms. The molecule has 1 fully saturated rings. The molecular weight excluding hydrogens is 474 g/mol. The number of esters is 1. The number of thiazole rings is 1. The molecule has 1 aromatic rings. The van der Waals surface area contributed by atoms with Crippen LogP contribution in [0.3, 0.4) is 0 Å². The van der Waals surface area contributed by atoms with Crippen LogP contribution >= 0.6 is 11.3 Å². The van der Waals surface area contributed by atoms with Crippen molar-refractivity contribution < 1.29 is 24.5 Å². The second-order valence-corrected chi connectivity index (χ2v) is 12.0. The van der Waals surface area contributed by atoms with E-state index in [4.69, 9.17) is 4.74 Å². The first-order valence-electron chi connectivity index (χ1n) is 13.4. The van der Waals surface area contributed by atoms with Crippen molar-refractivity contribution in [2.75, 3.05) is 0 Å². The fraction of sp³-hybridized carbons (Fsp3) is 0.690. The summed E-state index contributed by atoms with van der Waals surface area (Å²) in [5.41, 5.74) is 1.98. The van der Waals surface area contributed by atoms with Gasteiger partial charge in [0.05, 0.1) is 34.7 Å². The minimum atomic E-state index is -1.11. The van der Waals surface area contributed by atoms with Crippen molar-refractivity contribution in [2.45, 2.75) is 111 Å². The van der Waals surface area contributed by atoms with Crippen molar-refractivity contribution in [2.24, 2.45) is 17.3 Å².